The first-order valence-electron chi connectivity index (χ1n) is 12.2. The molecular weight excluding hydrogens is 480 g/mol. The van der Waals surface area contributed by atoms with Crippen molar-refractivity contribution in [2.75, 3.05) is 13.2 Å². The largest absolute Gasteiger partial charge is 0.394 e. The monoisotopic (exact) mass is 514 g/mol. The third kappa shape index (κ3) is 7.70. The number of epoxide rings is 1. The van der Waals surface area contributed by atoms with Crippen molar-refractivity contribution in [1.29, 1.82) is 0 Å². The fourth-order valence-electron chi connectivity index (χ4n) is 3.83. The highest BCUT2D eigenvalue weighted by Gasteiger charge is 2.50. The normalized spacial score (nSPS) is 19.0. The zero-order valence-electron chi connectivity index (χ0n) is 21.4. The molecule has 0 aliphatic carbocycles. The summed E-state index contributed by atoms with van der Waals surface area (Å²) in [6.07, 6.45) is 0.533. The number of hydrogen-bond acceptors (Lipinski definition) is 8. The zero-order valence-corrected chi connectivity index (χ0v) is 21.4. The van der Waals surface area contributed by atoms with E-state index in [0.29, 0.717) is 18.8 Å². The Hall–Kier alpha value is -3.57. The van der Waals surface area contributed by atoms with Gasteiger partial charge in [-0.3, -0.25) is 19.2 Å². The van der Waals surface area contributed by atoms with Crippen LogP contribution in [0.25, 0.3) is 0 Å². The van der Waals surface area contributed by atoms with E-state index in [1.54, 1.807) is 38.1 Å². The maximum absolute atomic E-state index is 13.4. The molecule has 200 valence electrons. The van der Waals surface area contributed by atoms with Crippen LogP contribution < -0.4 is 16.0 Å². The van der Waals surface area contributed by atoms with Crippen molar-refractivity contribution >= 4 is 23.5 Å². The number of carbonyl (C=O) groups excluding carboxylic acids is 4. The van der Waals surface area contributed by atoms with Crippen molar-refractivity contribution in [3.8, 4) is 0 Å². The molecule has 37 heavy (non-hydrogen) atoms. The molecule has 0 unspecified atom stereocenters. The summed E-state index contributed by atoms with van der Waals surface area (Å²) in [6, 6.07) is 7.22. The van der Waals surface area contributed by atoms with Gasteiger partial charge in [0.05, 0.1) is 19.3 Å². The number of ether oxygens (including phenoxy) is 1. The molecule has 2 heterocycles. The van der Waals surface area contributed by atoms with Crippen molar-refractivity contribution in [3.05, 3.63) is 53.4 Å². The second-order valence-corrected chi connectivity index (χ2v) is 9.86. The highest BCUT2D eigenvalue weighted by molar-refractivity contribution is 5.99. The van der Waals surface area contributed by atoms with Crippen LogP contribution in [0.1, 0.15) is 49.0 Å². The number of Topliss-reactive ketones (excluding diaryl/α,β-unsaturated/α-hetero) is 1. The van der Waals surface area contributed by atoms with Gasteiger partial charge in [0, 0.05) is 12.5 Å². The highest BCUT2D eigenvalue weighted by Crippen LogP contribution is 2.29. The molecule has 0 bridgehead atoms. The third-order valence-electron chi connectivity index (χ3n) is 6.02. The SMILES string of the molecule is Cc1cc(C(=O)N[C@@H](CO)C(=O)N[C@@H](Cc2ccccc2)C(=O)N[C@@H](CC(C)C)C(=O)[C@@]2(C)CO2)no1. The van der Waals surface area contributed by atoms with E-state index in [1.807, 2.05) is 19.9 Å². The molecule has 1 fully saturated rings. The first-order valence-corrected chi connectivity index (χ1v) is 12.2. The van der Waals surface area contributed by atoms with Crippen LogP contribution in [0.2, 0.25) is 0 Å². The van der Waals surface area contributed by atoms with Crippen LogP contribution in [0.3, 0.4) is 0 Å². The van der Waals surface area contributed by atoms with E-state index in [9.17, 15) is 24.3 Å². The Morgan fingerprint density at radius 2 is 1.65 bits per heavy atom. The molecule has 0 spiro atoms. The molecule has 4 atom stereocenters. The van der Waals surface area contributed by atoms with Crippen LogP contribution in [0.15, 0.2) is 40.9 Å². The maximum atomic E-state index is 13.4. The number of benzene rings is 1. The fraction of sp³-hybridized carbons (Fsp3) is 0.500. The van der Waals surface area contributed by atoms with Crippen LogP contribution in [-0.4, -0.2) is 70.7 Å². The minimum absolute atomic E-state index is 0.0480. The number of aryl methyl sites for hydroxylation is 1. The second kappa shape index (κ2) is 12.1. The molecular formula is C26H34N4O7. The van der Waals surface area contributed by atoms with Gasteiger partial charge in [-0.15, -0.1) is 0 Å². The van der Waals surface area contributed by atoms with Gasteiger partial charge in [-0.1, -0.05) is 49.3 Å². The van der Waals surface area contributed by atoms with E-state index in [0.717, 1.165) is 5.56 Å². The predicted octanol–water partition coefficient (Wildman–Crippen LogP) is 0.690. The topological polar surface area (TPSA) is 163 Å². The molecule has 1 aliphatic rings. The first-order chi connectivity index (χ1) is 17.5. The van der Waals surface area contributed by atoms with Crippen molar-refractivity contribution < 1.29 is 33.5 Å². The zero-order chi connectivity index (χ0) is 27.2. The van der Waals surface area contributed by atoms with E-state index in [4.69, 9.17) is 9.26 Å². The summed E-state index contributed by atoms with van der Waals surface area (Å²) in [7, 11) is 0. The molecule has 1 saturated heterocycles. The fourth-order valence-corrected chi connectivity index (χ4v) is 3.83. The number of aliphatic hydroxyl groups excluding tert-OH is 1. The number of carbonyl (C=O) groups is 4. The predicted molar refractivity (Wildman–Crippen MR) is 132 cm³/mol. The van der Waals surface area contributed by atoms with E-state index < -0.39 is 48.1 Å². The molecule has 4 N–H and O–H groups in total. The van der Waals surface area contributed by atoms with Crippen molar-refractivity contribution in [3.63, 3.8) is 0 Å². The number of ketones is 1. The highest BCUT2D eigenvalue weighted by atomic mass is 16.6. The number of rotatable bonds is 13. The average molecular weight is 515 g/mol. The summed E-state index contributed by atoms with van der Waals surface area (Å²) in [4.78, 5) is 51.8. The van der Waals surface area contributed by atoms with Crippen LogP contribution >= 0.6 is 0 Å². The molecule has 11 nitrogen and oxygen atoms in total. The standard InChI is InChI=1S/C26H34N4O7/c1-15(2)10-18(22(32)26(4)14-36-26)27-23(33)19(12-17-8-6-5-7-9-17)28-25(35)21(13-31)29-24(34)20-11-16(3)37-30-20/h5-9,11,15,18-19,21,31H,10,12-14H2,1-4H3,(H,27,33)(H,28,35)(H,29,34)/t18-,19-,21-,26+/m0/s1. The lowest BCUT2D eigenvalue weighted by Gasteiger charge is -2.26. The summed E-state index contributed by atoms with van der Waals surface area (Å²) in [5.41, 5.74) is -0.195. The Balaban J connectivity index is 1.75. The molecule has 3 amide bonds. The molecule has 0 saturated carbocycles. The number of amides is 3. The first kappa shape index (κ1) is 28.0. The van der Waals surface area contributed by atoms with E-state index >= 15 is 0 Å². The summed E-state index contributed by atoms with van der Waals surface area (Å²) >= 11 is 0. The summed E-state index contributed by atoms with van der Waals surface area (Å²) in [5, 5.41) is 21.2. The second-order valence-electron chi connectivity index (χ2n) is 9.86. The molecule has 2 aromatic rings. The van der Waals surface area contributed by atoms with Gasteiger partial charge in [0.1, 0.15) is 23.4 Å². The van der Waals surface area contributed by atoms with Gasteiger partial charge in [-0.2, -0.15) is 0 Å². The summed E-state index contributed by atoms with van der Waals surface area (Å²) < 4.78 is 10.2. The number of aliphatic hydroxyl groups is 1. The summed E-state index contributed by atoms with van der Waals surface area (Å²) in [6.45, 7) is 6.76. The Labute approximate surface area is 215 Å². The quantitative estimate of drug-likeness (QED) is 0.284. The summed E-state index contributed by atoms with van der Waals surface area (Å²) in [5.74, 6) is -1.73. The van der Waals surface area contributed by atoms with E-state index in [2.05, 4.69) is 21.1 Å². The Morgan fingerprint density at radius 3 is 2.19 bits per heavy atom. The Bertz CT molecular complexity index is 1110. The lowest BCUT2D eigenvalue weighted by molar-refractivity contribution is -0.133. The van der Waals surface area contributed by atoms with Crippen LogP contribution in [0.4, 0.5) is 0 Å². The lowest BCUT2D eigenvalue weighted by atomic mass is 9.93. The smallest absolute Gasteiger partial charge is 0.274 e. The Morgan fingerprint density at radius 1 is 1.03 bits per heavy atom. The molecule has 1 aromatic heterocycles. The minimum Gasteiger partial charge on any atom is -0.394 e. The number of hydrogen-bond donors (Lipinski definition) is 4. The van der Waals surface area contributed by atoms with E-state index in [-0.39, 0.29) is 23.8 Å². The average Bonchev–Trinajstić information content (AvgIpc) is 3.46. The molecule has 3 rings (SSSR count). The van der Waals surface area contributed by atoms with E-state index in [1.165, 1.54) is 6.07 Å². The van der Waals surface area contributed by atoms with Gasteiger partial charge >= 0.3 is 0 Å². The minimum atomic E-state index is -1.34. The Kier molecular flexibility index (Phi) is 9.17. The molecule has 1 aliphatic heterocycles. The van der Waals surface area contributed by atoms with Gasteiger partial charge in [-0.25, -0.2) is 0 Å². The number of aromatic nitrogens is 1. The number of nitrogens with zero attached hydrogens (tertiary/aromatic N) is 1. The number of nitrogens with one attached hydrogen (secondary N) is 3. The van der Waals surface area contributed by atoms with Crippen LogP contribution in [0, 0.1) is 12.8 Å². The van der Waals surface area contributed by atoms with Gasteiger partial charge in [0.15, 0.2) is 11.5 Å². The van der Waals surface area contributed by atoms with Crippen LogP contribution in [-0.2, 0) is 25.5 Å². The van der Waals surface area contributed by atoms with Gasteiger partial charge < -0.3 is 30.3 Å². The van der Waals surface area contributed by atoms with Gasteiger partial charge in [0.2, 0.25) is 11.8 Å². The van der Waals surface area contributed by atoms with Crippen LogP contribution in [0.5, 0.6) is 0 Å². The third-order valence-corrected chi connectivity index (χ3v) is 6.02. The molecule has 1 aromatic carbocycles. The maximum Gasteiger partial charge on any atom is 0.274 e. The molecule has 11 heteroatoms. The lowest BCUT2D eigenvalue weighted by Crippen LogP contribution is -2.58. The van der Waals surface area contributed by atoms with Crippen molar-refractivity contribution in [2.24, 2.45) is 5.92 Å². The van der Waals surface area contributed by atoms with Gasteiger partial charge in [-0.05, 0) is 31.7 Å². The molecule has 0 radical (unpaired) electrons. The van der Waals surface area contributed by atoms with Crippen molar-refractivity contribution in [1.82, 2.24) is 21.1 Å². The van der Waals surface area contributed by atoms with Gasteiger partial charge in [0.25, 0.3) is 5.91 Å². The van der Waals surface area contributed by atoms with Crippen molar-refractivity contribution in [2.45, 2.75) is 64.3 Å².